The highest BCUT2D eigenvalue weighted by Crippen LogP contribution is 2.40. The van der Waals surface area contributed by atoms with Gasteiger partial charge >= 0.3 is 12.1 Å². The van der Waals surface area contributed by atoms with E-state index in [1.165, 1.54) is 18.4 Å². The second kappa shape index (κ2) is 11.5. The largest absolute Gasteiger partial charge is 0.494 e. The molecule has 2 aromatic heterocycles. The number of rotatable bonds is 4. The number of ether oxygens (including phenoxy) is 3. The number of aryl methyl sites for hydroxylation is 1. The molecular weight excluding hydrogens is 579 g/mol. The number of carboxylic acids is 1. The van der Waals surface area contributed by atoms with E-state index in [1.54, 1.807) is 11.6 Å². The van der Waals surface area contributed by atoms with E-state index >= 15 is 0 Å². The quantitative estimate of drug-likeness (QED) is 0.371. The predicted molar refractivity (Wildman–Crippen MR) is 149 cm³/mol. The summed E-state index contributed by atoms with van der Waals surface area (Å²) in [6.07, 6.45) is -5.08. The summed E-state index contributed by atoms with van der Waals surface area (Å²) < 4.78 is 50.7. The molecule has 0 radical (unpaired) electrons. The molecule has 1 amide bonds. The Morgan fingerprint density at radius 3 is 2.38 bits per heavy atom. The van der Waals surface area contributed by atoms with E-state index < -0.39 is 12.1 Å². The number of thiophene rings is 1. The van der Waals surface area contributed by atoms with Crippen molar-refractivity contribution in [2.24, 2.45) is 7.05 Å². The summed E-state index contributed by atoms with van der Waals surface area (Å²) in [7, 11) is 3.28. The van der Waals surface area contributed by atoms with Gasteiger partial charge in [0.25, 0.3) is 11.5 Å². The van der Waals surface area contributed by atoms with Crippen molar-refractivity contribution in [2.75, 3.05) is 40.1 Å². The predicted octanol–water partition coefficient (Wildman–Crippen LogP) is 4.08. The minimum atomic E-state index is -5.08. The summed E-state index contributed by atoms with van der Waals surface area (Å²) in [6.45, 7) is 3.80. The number of hydrogen-bond acceptors (Lipinski definition) is 8. The zero-order chi connectivity index (χ0) is 30.2. The highest BCUT2D eigenvalue weighted by molar-refractivity contribution is 7.22. The van der Waals surface area contributed by atoms with Gasteiger partial charge in [-0.15, -0.1) is 11.3 Å². The Kier molecular flexibility index (Phi) is 8.01. The number of aliphatic carboxylic acids is 1. The number of alkyl halides is 3. The number of carboxylic acid groups (broad SMARTS) is 1. The second-order valence-electron chi connectivity index (χ2n) is 9.61. The maximum absolute atomic E-state index is 13.6. The Morgan fingerprint density at radius 1 is 1.05 bits per heavy atom. The molecule has 0 saturated carbocycles. The van der Waals surface area contributed by atoms with Crippen LogP contribution in [0.25, 0.3) is 21.0 Å². The zero-order valence-corrected chi connectivity index (χ0v) is 23.4. The van der Waals surface area contributed by atoms with Crippen LogP contribution in [0.3, 0.4) is 0 Å². The lowest BCUT2D eigenvalue weighted by Crippen LogP contribution is -2.48. The number of carbonyl (C=O) groups excluding carboxylic acids is 1. The maximum Gasteiger partial charge on any atom is 0.490 e. The number of benzene rings is 2. The number of para-hydroxylation sites is 1. The summed E-state index contributed by atoms with van der Waals surface area (Å²) in [5.74, 6) is -0.899. The normalized spacial score (nSPS) is 15.0. The lowest BCUT2D eigenvalue weighted by atomic mass is 10.1. The van der Waals surface area contributed by atoms with Crippen molar-refractivity contribution in [3.8, 4) is 17.2 Å². The Hall–Kier alpha value is -4.30. The molecule has 4 aromatic rings. The first-order valence-electron chi connectivity index (χ1n) is 12.8. The first kappa shape index (κ1) is 29.2. The lowest BCUT2D eigenvalue weighted by molar-refractivity contribution is -0.192. The SMILES string of the molecule is COc1c(C(=O)N2CCN(Cc3ccc4c(c3)OCO4)CC2)sc2c1c(=O)n(C)c1ccccc21.O=C(O)C(F)(F)F. The minimum Gasteiger partial charge on any atom is -0.494 e. The fourth-order valence-corrected chi connectivity index (χ4v) is 6.18. The number of nitrogens with zero attached hydrogens (tertiary/aromatic N) is 3. The van der Waals surface area contributed by atoms with E-state index in [1.807, 2.05) is 41.3 Å². The van der Waals surface area contributed by atoms with Crippen molar-refractivity contribution < 1.29 is 42.1 Å². The Balaban J connectivity index is 0.000000451. The van der Waals surface area contributed by atoms with Crippen LogP contribution in [0, 0.1) is 0 Å². The van der Waals surface area contributed by atoms with Gasteiger partial charge in [0.1, 0.15) is 10.3 Å². The van der Waals surface area contributed by atoms with Crippen LogP contribution in [-0.2, 0) is 18.4 Å². The number of aromatic nitrogens is 1. The van der Waals surface area contributed by atoms with Gasteiger partial charge in [-0.25, -0.2) is 4.79 Å². The molecule has 10 nitrogen and oxygen atoms in total. The smallest absolute Gasteiger partial charge is 0.490 e. The first-order valence-corrected chi connectivity index (χ1v) is 13.6. The molecule has 2 aliphatic heterocycles. The van der Waals surface area contributed by atoms with Gasteiger partial charge in [-0.2, -0.15) is 13.2 Å². The molecule has 4 heterocycles. The molecule has 0 unspecified atom stereocenters. The van der Waals surface area contributed by atoms with Gasteiger partial charge in [0.15, 0.2) is 17.2 Å². The monoisotopic (exact) mass is 605 g/mol. The average Bonchev–Trinajstić information content (AvgIpc) is 3.60. The van der Waals surface area contributed by atoms with Crippen molar-refractivity contribution in [3.05, 3.63) is 63.3 Å². The molecule has 42 heavy (non-hydrogen) atoms. The number of hydrogen-bond donors (Lipinski definition) is 1. The van der Waals surface area contributed by atoms with Crippen molar-refractivity contribution in [2.45, 2.75) is 12.7 Å². The van der Waals surface area contributed by atoms with Crippen LogP contribution < -0.4 is 19.8 Å². The summed E-state index contributed by atoms with van der Waals surface area (Å²) in [5.41, 5.74) is 1.84. The third-order valence-corrected chi connectivity index (χ3v) is 8.23. The number of pyridine rings is 1. The number of methoxy groups -OCH3 is 1. The number of carbonyl (C=O) groups is 2. The molecule has 0 spiro atoms. The molecule has 0 aliphatic carbocycles. The van der Waals surface area contributed by atoms with Crippen LogP contribution in [-0.4, -0.2) is 77.6 Å². The summed E-state index contributed by atoms with van der Waals surface area (Å²) in [6, 6.07) is 13.8. The van der Waals surface area contributed by atoms with E-state index in [2.05, 4.69) is 11.0 Å². The first-order chi connectivity index (χ1) is 20.0. The van der Waals surface area contributed by atoms with Gasteiger partial charge in [0.05, 0.1) is 17.3 Å². The van der Waals surface area contributed by atoms with Crippen molar-refractivity contribution in [3.63, 3.8) is 0 Å². The fraction of sp³-hybridized carbons (Fsp3) is 0.321. The van der Waals surface area contributed by atoms with E-state index in [4.69, 9.17) is 24.1 Å². The highest BCUT2D eigenvalue weighted by atomic mass is 32.1. The Morgan fingerprint density at radius 2 is 1.71 bits per heavy atom. The average molecular weight is 606 g/mol. The molecule has 2 aromatic carbocycles. The molecule has 1 fully saturated rings. The molecule has 14 heteroatoms. The van der Waals surface area contributed by atoms with E-state index in [-0.39, 0.29) is 18.3 Å². The molecule has 0 bridgehead atoms. The van der Waals surface area contributed by atoms with Crippen LogP contribution in [0.2, 0.25) is 0 Å². The van der Waals surface area contributed by atoms with Crippen molar-refractivity contribution >= 4 is 44.2 Å². The molecule has 222 valence electrons. The number of piperazine rings is 1. The fourth-order valence-electron chi connectivity index (χ4n) is 4.92. The molecule has 6 rings (SSSR count). The maximum atomic E-state index is 13.6. The van der Waals surface area contributed by atoms with E-state index in [9.17, 15) is 22.8 Å². The van der Waals surface area contributed by atoms with E-state index in [0.29, 0.717) is 29.1 Å². The van der Waals surface area contributed by atoms with Gasteiger partial charge in [-0.1, -0.05) is 24.3 Å². The van der Waals surface area contributed by atoms with Crippen LogP contribution >= 0.6 is 11.3 Å². The van der Waals surface area contributed by atoms with Crippen LogP contribution in [0.5, 0.6) is 17.2 Å². The molecule has 1 saturated heterocycles. The van der Waals surface area contributed by atoms with E-state index in [0.717, 1.165) is 52.3 Å². The van der Waals surface area contributed by atoms with Crippen LogP contribution in [0.15, 0.2) is 47.3 Å². The number of halogens is 3. The summed E-state index contributed by atoms with van der Waals surface area (Å²) in [5, 5.41) is 8.55. The Labute approximate surface area is 241 Å². The molecule has 1 N–H and O–H groups in total. The topological polar surface area (TPSA) is 111 Å². The molecule has 2 aliphatic rings. The standard InChI is InChI=1S/C26H25N3O5S.C2HF3O2/c1-27-18-6-4-3-5-17(18)23-21(25(27)30)22(32-2)24(35-23)26(31)29-11-9-28(10-12-29)14-16-7-8-19-20(13-16)34-15-33-19;3-2(4,5)1(6)7/h3-8,13H,9-12,14-15H2,1-2H3;(H,6,7). The number of fused-ring (bicyclic) bond motifs is 4. The van der Waals surface area contributed by atoms with Gasteiger partial charge < -0.3 is 28.8 Å². The third-order valence-electron chi connectivity index (χ3n) is 7.04. The van der Waals surface area contributed by atoms with Crippen molar-refractivity contribution in [1.29, 1.82) is 0 Å². The summed E-state index contributed by atoms with van der Waals surface area (Å²) >= 11 is 1.35. The number of amides is 1. The van der Waals surface area contributed by atoms with Crippen molar-refractivity contribution in [1.82, 2.24) is 14.4 Å². The Bertz CT molecular complexity index is 1730. The zero-order valence-electron chi connectivity index (χ0n) is 22.6. The summed E-state index contributed by atoms with van der Waals surface area (Å²) in [4.78, 5) is 40.3. The second-order valence-corrected chi connectivity index (χ2v) is 10.6. The van der Waals surface area contributed by atoms with Crippen LogP contribution in [0.1, 0.15) is 15.2 Å². The van der Waals surface area contributed by atoms with Crippen LogP contribution in [0.4, 0.5) is 13.2 Å². The van der Waals surface area contributed by atoms with Gasteiger partial charge in [-0.05, 0) is 23.8 Å². The lowest BCUT2D eigenvalue weighted by Gasteiger charge is -2.34. The minimum absolute atomic E-state index is 0.0862. The van der Waals surface area contributed by atoms with Gasteiger partial charge in [0.2, 0.25) is 6.79 Å². The van der Waals surface area contributed by atoms with Gasteiger partial charge in [0, 0.05) is 45.2 Å². The molecule has 0 atom stereocenters. The third kappa shape index (κ3) is 5.59. The van der Waals surface area contributed by atoms with Gasteiger partial charge in [-0.3, -0.25) is 14.5 Å². The molecular formula is C28H26F3N3O7S. The highest BCUT2D eigenvalue weighted by Gasteiger charge is 2.38.